The molecule has 0 saturated carbocycles. The number of fused-ring (bicyclic) bond motifs is 1. The molecule has 110 valence electrons. The van der Waals surface area contributed by atoms with E-state index in [1.54, 1.807) is 12.1 Å². The van der Waals surface area contributed by atoms with Crippen LogP contribution in [0.25, 0.3) is 11.0 Å². The van der Waals surface area contributed by atoms with Crippen molar-refractivity contribution < 1.29 is 19.1 Å². The average molecular weight is 288 g/mol. The van der Waals surface area contributed by atoms with Crippen molar-refractivity contribution in [3.63, 3.8) is 0 Å². The summed E-state index contributed by atoms with van der Waals surface area (Å²) >= 11 is 0. The minimum atomic E-state index is -0.353. The Hall–Kier alpha value is -2.34. The third-order valence-corrected chi connectivity index (χ3v) is 3.51. The first kappa shape index (κ1) is 13.6. The second-order valence-corrected chi connectivity index (χ2v) is 5.06. The molecule has 0 unspecified atom stereocenters. The van der Waals surface area contributed by atoms with Crippen molar-refractivity contribution in [1.29, 1.82) is 5.41 Å². The van der Waals surface area contributed by atoms with Gasteiger partial charge in [-0.1, -0.05) is 0 Å². The first-order chi connectivity index (χ1) is 10.1. The molecule has 1 aliphatic heterocycles. The van der Waals surface area contributed by atoms with Crippen LogP contribution in [0.4, 0.5) is 0 Å². The molecule has 1 fully saturated rings. The molecule has 1 atom stereocenters. The Morgan fingerprint density at radius 2 is 2.29 bits per heavy atom. The Labute approximate surface area is 120 Å². The van der Waals surface area contributed by atoms with Crippen molar-refractivity contribution >= 4 is 16.9 Å². The van der Waals surface area contributed by atoms with Crippen LogP contribution in [0.1, 0.15) is 23.2 Å². The van der Waals surface area contributed by atoms with E-state index in [9.17, 15) is 9.90 Å². The fourth-order valence-corrected chi connectivity index (χ4v) is 2.39. The van der Waals surface area contributed by atoms with Crippen LogP contribution in [-0.2, 0) is 4.74 Å². The monoisotopic (exact) mass is 288 g/mol. The predicted molar refractivity (Wildman–Crippen MR) is 75.0 cm³/mol. The van der Waals surface area contributed by atoms with Gasteiger partial charge in [0.15, 0.2) is 0 Å². The first-order valence-corrected chi connectivity index (χ1v) is 6.85. The molecule has 6 heteroatoms. The van der Waals surface area contributed by atoms with Gasteiger partial charge in [0.1, 0.15) is 16.9 Å². The number of phenols is 1. The van der Waals surface area contributed by atoms with Crippen molar-refractivity contribution in [2.75, 3.05) is 13.2 Å². The van der Waals surface area contributed by atoms with Crippen molar-refractivity contribution in [3.05, 3.63) is 35.4 Å². The van der Waals surface area contributed by atoms with E-state index in [0.717, 1.165) is 19.4 Å². The van der Waals surface area contributed by atoms with Gasteiger partial charge in [0.2, 0.25) is 5.55 Å². The van der Waals surface area contributed by atoms with Gasteiger partial charge in [0.25, 0.3) is 5.91 Å². The van der Waals surface area contributed by atoms with E-state index in [2.05, 4.69) is 5.32 Å². The summed E-state index contributed by atoms with van der Waals surface area (Å²) in [4.78, 5) is 12.1. The molecule has 1 saturated heterocycles. The second kappa shape index (κ2) is 5.57. The number of phenolic OH excluding ortho intramolecular Hbond substituents is 1. The van der Waals surface area contributed by atoms with Crippen LogP contribution in [0, 0.1) is 5.41 Å². The van der Waals surface area contributed by atoms with E-state index in [0.29, 0.717) is 17.5 Å². The van der Waals surface area contributed by atoms with Gasteiger partial charge < -0.3 is 19.6 Å². The number of nitrogens with one attached hydrogen (secondary N) is 2. The molecule has 2 aromatic rings. The van der Waals surface area contributed by atoms with Crippen LogP contribution in [0.2, 0.25) is 0 Å². The van der Waals surface area contributed by atoms with Crippen LogP contribution in [0.15, 0.2) is 28.7 Å². The number of aromatic hydroxyl groups is 1. The third-order valence-electron chi connectivity index (χ3n) is 3.51. The lowest BCUT2D eigenvalue weighted by atomic mass is 10.1. The number of carbonyl (C=O) groups is 1. The number of benzene rings is 1. The molecule has 3 rings (SSSR count). The van der Waals surface area contributed by atoms with Crippen LogP contribution in [-0.4, -0.2) is 30.3 Å². The summed E-state index contributed by atoms with van der Waals surface area (Å²) in [5.41, 5.74) is 0.319. The molecule has 0 radical (unpaired) electrons. The van der Waals surface area contributed by atoms with Crippen LogP contribution in [0.3, 0.4) is 0 Å². The molecule has 0 spiro atoms. The second-order valence-electron chi connectivity index (χ2n) is 5.06. The maximum absolute atomic E-state index is 12.1. The maximum atomic E-state index is 12.1. The lowest BCUT2D eigenvalue weighted by molar-refractivity contribution is 0.0854. The van der Waals surface area contributed by atoms with Gasteiger partial charge in [0.05, 0.1) is 6.10 Å². The lowest BCUT2D eigenvalue weighted by Crippen LogP contribution is -2.34. The number of rotatable bonds is 3. The molecule has 6 nitrogen and oxygen atoms in total. The minimum Gasteiger partial charge on any atom is -0.508 e. The molecule has 1 amide bonds. The number of hydrogen-bond donors (Lipinski definition) is 3. The van der Waals surface area contributed by atoms with Gasteiger partial charge in [-0.3, -0.25) is 10.2 Å². The first-order valence-electron chi connectivity index (χ1n) is 6.85. The molecule has 1 aliphatic rings. The zero-order chi connectivity index (χ0) is 14.8. The Kier molecular flexibility index (Phi) is 3.62. The summed E-state index contributed by atoms with van der Waals surface area (Å²) in [6.45, 7) is 1.17. The summed E-state index contributed by atoms with van der Waals surface area (Å²) in [5, 5.41) is 20.6. The Morgan fingerprint density at radius 3 is 3.05 bits per heavy atom. The van der Waals surface area contributed by atoms with Crippen molar-refractivity contribution in [2.45, 2.75) is 18.9 Å². The van der Waals surface area contributed by atoms with Gasteiger partial charge in [-0.15, -0.1) is 0 Å². The summed E-state index contributed by atoms with van der Waals surface area (Å²) in [6.07, 6.45) is 2.01. The number of hydrogen-bond acceptors (Lipinski definition) is 5. The average Bonchev–Trinajstić information content (AvgIpc) is 2.97. The van der Waals surface area contributed by atoms with Crippen molar-refractivity contribution in [1.82, 2.24) is 5.32 Å². The minimum absolute atomic E-state index is 0.0532. The molecule has 0 bridgehead atoms. The molecule has 1 aromatic carbocycles. The van der Waals surface area contributed by atoms with Gasteiger partial charge in [-0.05, 0) is 31.0 Å². The largest absolute Gasteiger partial charge is 0.508 e. The van der Waals surface area contributed by atoms with Crippen LogP contribution < -0.4 is 10.9 Å². The zero-order valence-corrected chi connectivity index (χ0v) is 11.4. The molecule has 1 aromatic heterocycles. The number of carbonyl (C=O) groups excluding carboxylic acids is 1. The van der Waals surface area contributed by atoms with Crippen LogP contribution in [0.5, 0.6) is 5.75 Å². The standard InChI is InChI=1S/C15H16N2O4/c16-14-12(15(19)17-8-11-2-1-5-20-11)6-9-3-4-10(18)7-13(9)21-14/h3-4,6-7,11,16,18H,1-2,5,8H2,(H,17,19)/t11-/m1/s1. The zero-order valence-electron chi connectivity index (χ0n) is 11.4. The highest BCUT2D eigenvalue weighted by molar-refractivity contribution is 5.96. The highest BCUT2D eigenvalue weighted by Gasteiger charge is 2.18. The normalized spacial score (nSPS) is 18.0. The van der Waals surface area contributed by atoms with E-state index in [4.69, 9.17) is 14.6 Å². The molecule has 21 heavy (non-hydrogen) atoms. The maximum Gasteiger partial charge on any atom is 0.256 e. The summed E-state index contributed by atoms with van der Waals surface area (Å²) in [7, 11) is 0. The topological polar surface area (TPSA) is 95.5 Å². The Bertz CT molecular complexity index is 732. The third kappa shape index (κ3) is 2.90. The highest BCUT2D eigenvalue weighted by Crippen LogP contribution is 2.19. The molecule has 0 aliphatic carbocycles. The van der Waals surface area contributed by atoms with E-state index < -0.39 is 0 Å². The quantitative estimate of drug-likeness (QED) is 0.798. The van der Waals surface area contributed by atoms with E-state index in [1.807, 2.05) is 0 Å². The van der Waals surface area contributed by atoms with Gasteiger partial charge in [-0.25, -0.2) is 0 Å². The summed E-state index contributed by atoms with van der Waals surface area (Å²) in [5.74, 6) is -0.296. The molecule has 3 N–H and O–H groups in total. The van der Waals surface area contributed by atoms with E-state index >= 15 is 0 Å². The van der Waals surface area contributed by atoms with E-state index in [1.165, 1.54) is 12.1 Å². The lowest BCUT2D eigenvalue weighted by Gasteiger charge is -2.10. The van der Waals surface area contributed by atoms with Crippen molar-refractivity contribution in [2.24, 2.45) is 0 Å². The molecule has 2 heterocycles. The smallest absolute Gasteiger partial charge is 0.256 e. The molecular formula is C15H16N2O4. The summed E-state index contributed by atoms with van der Waals surface area (Å²) in [6, 6.07) is 6.16. The number of ether oxygens (including phenoxy) is 1. The Balaban J connectivity index is 1.82. The predicted octanol–water partition coefficient (Wildman–Crippen LogP) is 1.53. The highest BCUT2D eigenvalue weighted by atomic mass is 16.5. The summed E-state index contributed by atoms with van der Waals surface area (Å²) < 4.78 is 10.7. The number of amides is 1. The Morgan fingerprint density at radius 1 is 1.43 bits per heavy atom. The van der Waals surface area contributed by atoms with Gasteiger partial charge in [-0.2, -0.15) is 0 Å². The van der Waals surface area contributed by atoms with Gasteiger partial charge in [0, 0.05) is 24.6 Å². The van der Waals surface area contributed by atoms with Crippen molar-refractivity contribution in [3.8, 4) is 5.75 Å². The van der Waals surface area contributed by atoms with Gasteiger partial charge >= 0.3 is 0 Å². The SMILES string of the molecule is N=c1oc2cc(O)ccc2cc1C(=O)NC[C@H]1CCCO1. The van der Waals surface area contributed by atoms with Crippen LogP contribution >= 0.6 is 0 Å². The molecular weight excluding hydrogens is 272 g/mol. The fraction of sp³-hybridized carbons (Fsp3) is 0.333. The fourth-order valence-electron chi connectivity index (χ4n) is 2.39. The van der Waals surface area contributed by atoms with E-state index in [-0.39, 0.29) is 28.9 Å².